The Kier molecular flexibility index (Phi) is 5.25. The minimum Gasteiger partial charge on any atom is -0.495 e. The molecule has 6 nitrogen and oxygen atoms in total. The van der Waals surface area contributed by atoms with Crippen molar-refractivity contribution in [2.75, 3.05) is 17.7 Å². The number of aromatic nitrogens is 2. The van der Waals surface area contributed by atoms with E-state index in [1.165, 1.54) is 25.4 Å². The molecule has 0 radical (unpaired) electrons. The van der Waals surface area contributed by atoms with Crippen LogP contribution in [0.25, 0.3) is 0 Å². The van der Waals surface area contributed by atoms with E-state index in [2.05, 4.69) is 20.6 Å². The number of nitrogens with one attached hydrogen (secondary N) is 2. The molecule has 0 aliphatic heterocycles. The zero-order valence-corrected chi connectivity index (χ0v) is 14.6. The van der Waals surface area contributed by atoms with E-state index < -0.39 is 17.5 Å². The van der Waals surface area contributed by atoms with E-state index in [-0.39, 0.29) is 17.3 Å². The molecular formula is C19H16F2N4O2. The SMILES string of the molecule is COc1ccc(C)cc1NC(=O)c1ccnc(Nc2ccc(F)cc2F)n1. The number of rotatable bonds is 5. The topological polar surface area (TPSA) is 76.1 Å². The summed E-state index contributed by atoms with van der Waals surface area (Å²) in [7, 11) is 1.50. The lowest BCUT2D eigenvalue weighted by Gasteiger charge is -2.11. The van der Waals surface area contributed by atoms with Gasteiger partial charge in [0.1, 0.15) is 23.1 Å². The first-order chi connectivity index (χ1) is 13.0. The zero-order chi connectivity index (χ0) is 19.4. The summed E-state index contributed by atoms with van der Waals surface area (Å²) in [5.74, 6) is -1.46. The van der Waals surface area contributed by atoms with E-state index in [9.17, 15) is 13.6 Å². The van der Waals surface area contributed by atoms with E-state index in [1.54, 1.807) is 12.1 Å². The number of aryl methyl sites for hydroxylation is 1. The van der Waals surface area contributed by atoms with Gasteiger partial charge in [0.05, 0.1) is 18.5 Å². The van der Waals surface area contributed by atoms with Crippen LogP contribution in [0.2, 0.25) is 0 Å². The minimum absolute atomic E-state index is 0.00404. The van der Waals surface area contributed by atoms with Crippen molar-refractivity contribution in [3.05, 3.63) is 71.6 Å². The second-order valence-electron chi connectivity index (χ2n) is 5.67. The number of methoxy groups -OCH3 is 1. The van der Waals surface area contributed by atoms with Crippen molar-refractivity contribution in [1.82, 2.24) is 9.97 Å². The normalized spacial score (nSPS) is 10.4. The molecule has 0 fully saturated rings. The van der Waals surface area contributed by atoms with Gasteiger partial charge in [-0.3, -0.25) is 4.79 Å². The number of halogens is 2. The lowest BCUT2D eigenvalue weighted by Crippen LogP contribution is -2.15. The second-order valence-corrected chi connectivity index (χ2v) is 5.67. The Morgan fingerprint density at radius 2 is 1.89 bits per heavy atom. The van der Waals surface area contributed by atoms with E-state index in [1.807, 2.05) is 13.0 Å². The molecule has 0 aliphatic carbocycles. The lowest BCUT2D eigenvalue weighted by molar-refractivity contribution is 0.102. The first-order valence-electron chi connectivity index (χ1n) is 7.97. The van der Waals surface area contributed by atoms with Gasteiger partial charge in [0, 0.05) is 12.3 Å². The van der Waals surface area contributed by atoms with Crippen molar-refractivity contribution in [2.24, 2.45) is 0 Å². The number of ether oxygens (including phenoxy) is 1. The molecule has 0 saturated heterocycles. The van der Waals surface area contributed by atoms with Crippen molar-refractivity contribution in [2.45, 2.75) is 6.92 Å². The molecule has 1 amide bonds. The quantitative estimate of drug-likeness (QED) is 0.708. The number of anilines is 3. The Morgan fingerprint density at radius 3 is 2.63 bits per heavy atom. The summed E-state index contributed by atoms with van der Waals surface area (Å²) in [4.78, 5) is 20.5. The van der Waals surface area contributed by atoms with Gasteiger partial charge < -0.3 is 15.4 Å². The predicted octanol–water partition coefficient (Wildman–Crippen LogP) is 4.07. The molecule has 138 valence electrons. The third-order valence-corrected chi connectivity index (χ3v) is 3.67. The molecule has 0 unspecified atom stereocenters. The third-order valence-electron chi connectivity index (χ3n) is 3.67. The maximum absolute atomic E-state index is 13.8. The van der Waals surface area contributed by atoms with E-state index in [4.69, 9.17) is 4.74 Å². The van der Waals surface area contributed by atoms with Crippen LogP contribution >= 0.6 is 0 Å². The first-order valence-corrected chi connectivity index (χ1v) is 7.97. The van der Waals surface area contributed by atoms with Crippen LogP contribution in [-0.2, 0) is 0 Å². The summed E-state index contributed by atoms with van der Waals surface area (Å²) in [5.41, 5.74) is 1.51. The largest absolute Gasteiger partial charge is 0.495 e. The summed E-state index contributed by atoms with van der Waals surface area (Å²) in [6.07, 6.45) is 1.36. The van der Waals surface area contributed by atoms with Crippen LogP contribution in [-0.4, -0.2) is 23.0 Å². The minimum atomic E-state index is -0.794. The Hall–Kier alpha value is -3.55. The number of amides is 1. The predicted molar refractivity (Wildman–Crippen MR) is 97.4 cm³/mol. The van der Waals surface area contributed by atoms with Gasteiger partial charge in [-0.25, -0.2) is 18.7 Å². The van der Waals surface area contributed by atoms with Gasteiger partial charge in [-0.1, -0.05) is 6.07 Å². The summed E-state index contributed by atoms with van der Waals surface area (Å²) < 4.78 is 32.0. The monoisotopic (exact) mass is 370 g/mol. The van der Waals surface area contributed by atoms with E-state index in [0.29, 0.717) is 11.4 Å². The van der Waals surface area contributed by atoms with Gasteiger partial charge in [-0.15, -0.1) is 0 Å². The molecule has 2 N–H and O–H groups in total. The number of benzene rings is 2. The highest BCUT2D eigenvalue weighted by Gasteiger charge is 2.13. The number of carbonyl (C=O) groups excluding carboxylic acids is 1. The average Bonchev–Trinajstić information content (AvgIpc) is 2.64. The van der Waals surface area contributed by atoms with Crippen LogP contribution in [0.4, 0.5) is 26.1 Å². The van der Waals surface area contributed by atoms with Crippen LogP contribution in [0.1, 0.15) is 16.1 Å². The van der Waals surface area contributed by atoms with Crippen molar-refractivity contribution in [3.8, 4) is 5.75 Å². The van der Waals surface area contributed by atoms with E-state index in [0.717, 1.165) is 17.7 Å². The molecule has 0 bridgehead atoms. The number of nitrogens with zero attached hydrogens (tertiary/aromatic N) is 2. The van der Waals surface area contributed by atoms with Crippen molar-refractivity contribution in [3.63, 3.8) is 0 Å². The highest BCUT2D eigenvalue weighted by Crippen LogP contribution is 2.25. The van der Waals surface area contributed by atoms with Crippen molar-refractivity contribution >= 4 is 23.2 Å². The van der Waals surface area contributed by atoms with Crippen LogP contribution < -0.4 is 15.4 Å². The van der Waals surface area contributed by atoms with Gasteiger partial charge in [0.25, 0.3) is 5.91 Å². The Bertz CT molecular complexity index is 995. The first kappa shape index (κ1) is 18.2. The molecule has 0 saturated carbocycles. The molecule has 1 heterocycles. The van der Waals surface area contributed by atoms with Gasteiger partial charge in [0.2, 0.25) is 5.95 Å². The van der Waals surface area contributed by atoms with Crippen LogP contribution in [0.3, 0.4) is 0 Å². The summed E-state index contributed by atoms with van der Waals surface area (Å²) >= 11 is 0. The fourth-order valence-electron chi connectivity index (χ4n) is 2.36. The van der Waals surface area contributed by atoms with Crippen LogP contribution in [0, 0.1) is 18.6 Å². The summed E-state index contributed by atoms with van der Waals surface area (Å²) in [6, 6.07) is 9.86. The molecule has 2 aromatic carbocycles. The molecule has 3 aromatic rings. The van der Waals surface area contributed by atoms with Crippen LogP contribution in [0.5, 0.6) is 5.75 Å². The number of carbonyl (C=O) groups is 1. The summed E-state index contributed by atoms with van der Waals surface area (Å²) in [6.45, 7) is 1.89. The van der Waals surface area contributed by atoms with Gasteiger partial charge in [0.15, 0.2) is 0 Å². The zero-order valence-electron chi connectivity index (χ0n) is 14.6. The third kappa shape index (κ3) is 4.35. The molecule has 0 atom stereocenters. The van der Waals surface area contributed by atoms with Gasteiger partial charge >= 0.3 is 0 Å². The maximum Gasteiger partial charge on any atom is 0.274 e. The highest BCUT2D eigenvalue weighted by atomic mass is 19.1. The molecule has 8 heteroatoms. The summed E-state index contributed by atoms with van der Waals surface area (Å²) in [5, 5.41) is 5.34. The molecule has 0 spiro atoms. The second kappa shape index (κ2) is 7.77. The van der Waals surface area contributed by atoms with Crippen LogP contribution in [0.15, 0.2) is 48.7 Å². The lowest BCUT2D eigenvalue weighted by atomic mass is 10.2. The Balaban J connectivity index is 1.81. The van der Waals surface area contributed by atoms with Gasteiger partial charge in [-0.05, 0) is 42.8 Å². The standard InChI is InChI=1S/C19H16F2N4O2/c1-11-3-6-17(27-2)16(9-11)23-18(26)15-7-8-22-19(25-15)24-14-5-4-12(20)10-13(14)21/h3-10H,1-2H3,(H,23,26)(H,22,24,25). The fourth-order valence-corrected chi connectivity index (χ4v) is 2.36. The Morgan fingerprint density at radius 1 is 1.07 bits per heavy atom. The van der Waals surface area contributed by atoms with Crippen molar-refractivity contribution < 1.29 is 18.3 Å². The number of hydrogen-bond acceptors (Lipinski definition) is 5. The smallest absolute Gasteiger partial charge is 0.274 e. The van der Waals surface area contributed by atoms with E-state index >= 15 is 0 Å². The highest BCUT2D eigenvalue weighted by molar-refractivity contribution is 6.03. The molecule has 1 aromatic heterocycles. The Labute approximate surface area is 154 Å². The maximum atomic E-state index is 13.8. The molecule has 3 rings (SSSR count). The molecular weight excluding hydrogens is 354 g/mol. The molecule has 0 aliphatic rings. The average molecular weight is 370 g/mol. The fraction of sp³-hybridized carbons (Fsp3) is 0.105. The van der Waals surface area contributed by atoms with Gasteiger partial charge in [-0.2, -0.15) is 0 Å². The van der Waals surface area contributed by atoms with Crippen molar-refractivity contribution in [1.29, 1.82) is 0 Å². The number of hydrogen-bond donors (Lipinski definition) is 2. The molecule has 27 heavy (non-hydrogen) atoms.